The number of nitrogens with zero attached hydrogens (tertiary/aromatic N) is 2. The number of carbonyl (C=O) groups is 2. The van der Waals surface area contributed by atoms with Crippen LogP contribution >= 0.6 is 11.3 Å². The van der Waals surface area contributed by atoms with E-state index in [-0.39, 0.29) is 17.8 Å². The number of carbonyl (C=O) groups excluding carboxylic acids is 2. The van der Waals surface area contributed by atoms with Gasteiger partial charge >= 0.3 is 6.09 Å². The Kier molecular flexibility index (Phi) is 4.90. The number of aromatic amines is 1. The van der Waals surface area contributed by atoms with Crippen molar-refractivity contribution in [2.24, 2.45) is 0 Å². The number of H-pyrrole nitrogens is 1. The molecule has 1 aromatic carbocycles. The molecule has 3 aromatic rings. The molecular weight excluding hydrogens is 416 g/mol. The van der Waals surface area contributed by atoms with Gasteiger partial charge in [0.05, 0.1) is 24.3 Å². The van der Waals surface area contributed by atoms with Crippen LogP contribution in [0.4, 0.5) is 10.5 Å². The van der Waals surface area contributed by atoms with Crippen LogP contribution in [0.3, 0.4) is 0 Å². The lowest BCUT2D eigenvalue weighted by Gasteiger charge is -2.16. The van der Waals surface area contributed by atoms with Gasteiger partial charge in [-0.2, -0.15) is 5.10 Å². The number of aromatic nitrogens is 2. The molecule has 2 aromatic heterocycles. The number of aromatic hydroxyl groups is 1. The number of nitrogens with one attached hydrogen (secondary N) is 2. The van der Waals surface area contributed by atoms with Crippen LogP contribution in [-0.2, 0) is 22.4 Å². The van der Waals surface area contributed by atoms with Crippen molar-refractivity contribution in [1.82, 2.24) is 15.5 Å². The van der Waals surface area contributed by atoms with Crippen LogP contribution in [0.2, 0.25) is 0 Å². The second-order valence-corrected chi connectivity index (χ2v) is 8.59. The minimum Gasteiger partial charge on any atom is -0.506 e. The maximum Gasteiger partial charge on any atom is 0.414 e. The zero-order valence-electron chi connectivity index (χ0n) is 17.0. The highest BCUT2D eigenvalue weighted by Gasteiger charge is 2.33. The van der Waals surface area contributed by atoms with Crippen molar-refractivity contribution in [2.45, 2.75) is 32.3 Å². The molecule has 0 unspecified atom stereocenters. The standard InChI is InChI=1S/C22H22N4O4S/c1-12(27)23-8-15-9-26(22(29)30-15)14-5-6-16-13(7-14)3-2-4-17-20(16)24-25-21(17)18-10-31-11-19(18)28/h5-7,10-11,15,28H,2-4,8-9H2,1H3,(H,23,27)(H,24,25)/t15-/m0/s1. The Labute approximate surface area is 182 Å². The highest BCUT2D eigenvalue weighted by molar-refractivity contribution is 7.08. The monoisotopic (exact) mass is 438 g/mol. The first kappa shape index (κ1) is 19.6. The molecule has 2 amide bonds. The molecule has 31 heavy (non-hydrogen) atoms. The maximum atomic E-state index is 12.4. The number of anilines is 1. The smallest absolute Gasteiger partial charge is 0.414 e. The van der Waals surface area contributed by atoms with Gasteiger partial charge in [0.1, 0.15) is 17.5 Å². The fourth-order valence-corrected chi connectivity index (χ4v) is 4.96. The van der Waals surface area contributed by atoms with Crippen LogP contribution in [0.1, 0.15) is 24.5 Å². The number of benzene rings is 1. The van der Waals surface area contributed by atoms with Crippen molar-refractivity contribution < 1.29 is 19.4 Å². The Bertz CT molecular complexity index is 1170. The van der Waals surface area contributed by atoms with Crippen LogP contribution in [-0.4, -0.2) is 46.5 Å². The normalized spacial score (nSPS) is 17.6. The van der Waals surface area contributed by atoms with Gasteiger partial charge < -0.3 is 15.2 Å². The predicted molar refractivity (Wildman–Crippen MR) is 117 cm³/mol. The van der Waals surface area contributed by atoms with Crippen LogP contribution < -0.4 is 10.2 Å². The van der Waals surface area contributed by atoms with E-state index in [1.165, 1.54) is 18.3 Å². The van der Waals surface area contributed by atoms with Crippen molar-refractivity contribution in [3.8, 4) is 28.3 Å². The maximum absolute atomic E-state index is 12.4. The molecule has 1 aliphatic heterocycles. The van der Waals surface area contributed by atoms with Crippen LogP contribution in [0.5, 0.6) is 5.75 Å². The minimum atomic E-state index is -0.402. The molecule has 0 spiro atoms. The van der Waals surface area contributed by atoms with E-state index in [2.05, 4.69) is 15.5 Å². The third-order valence-electron chi connectivity index (χ3n) is 5.76. The van der Waals surface area contributed by atoms with E-state index in [0.29, 0.717) is 13.1 Å². The van der Waals surface area contributed by atoms with Gasteiger partial charge in [-0.25, -0.2) is 4.79 Å². The number of hydrogen-bond acceptors (Lipinski definition) is 6. The fourth-order valence-electron chi connectivity index (χ4n) is 4.27. The topological polar surface area (TPSA) is 108 Å². The quantitative estimate of drug-likeness (QED) is 0.578. The summed E-state index contributed by atoms with van der Waals surface area (Å²) in [4.78, 5) is 25.1. The second-order valence-electron chi connectivity index (χ2n) is 7.84. The summed E-state index contributed by atoms with van der Waals surface area (Å²) in [5.74, 6) is 0.102. The molecule has 0 saturated carbocycles. The molecule has 1 aliphatic carbocycles. The lowest BCUT2D eigenvalue weighted by molar-refractivity contribution is -0.119. The first-order chi connectivity index (χ1) is 15.0. The average molecular weight is 439 g/mol. The van der Waals surface area contributed by atoms with Gasteiger partial charge in [-0.15, -0.1) is 11.3 Å². The molecule has 3 N–H and O–H groups in total. The lowest BCUT2D eigenvalue weighted by Crippen LogP contribution is -2.33. The summed E-state index contributed by atoms with van der Waals surface area (Å²) in [6.07, 6.45) is 1.90. The van der Waals surface area contributed by atoms with Gasteiger partial charge in [-0.1, -0.05) is 6.07 Å². The van der Waals surface area contributed by atoms with Crippen molar-refractivity contribution in [3.63, 3.8) is 0 Å². The lowest BCUT2D eigenvalue weighted by atomic mass is 10.00. The Balaban J connectivity index is 1.44. The third kappa shape index (κ3) is 3.54. The van der Waals surface area contributed by atoms with Gasteiger partial charge in [0.2, 0.25) is 5.91 Å². The molecule has 8 nitrogen and oxygen atoms in total. The molecule has 160 valence electrons. The minimum absolute atomic E-state index is 0.148. The number of aryl methyl sites for hydroxylation is 1. The van der Waals surface area contributed by atoms with Crippen LogP contribution in [0, 0.1) is 0 Å². The van der Waals surface area contributed by atoms with E-state index in [1.807, 2.05) is 23.6 Å². The van der Waals surface area contributed by atoms with Gasteiger partial charge in [0, 0.05) is 34.5 Å². The van der Waals surface area contributed by atoms with Crippen molar-refractivity contribution in [2.75, 3.05) is 18.0 Å². The number of hydrogen-bond donors (Lipinski definition) is 3. The first-order valence-electron chi connectivity index (χ1n) is 10.2. The highest BCUT2D eigenvalue weighted by atomic mass is 32.1. The second kappa shape index (κ2) is 7.73. The van der Waals surface area contributed by atoms with E-state index in [0.717, 1.165) is 58.6 Å². The zero-order chi connectivity index (χ0) is 21.5. The summed E-state index contributed by atoms with van der Waals surface area (Å²) < 4.78 is 5.39. The summed E-state index contributed by atoms with van der Waals surface area (Å²) in [5, 5.41) is 24.1. The first-order valence-corrected chi connectivity index (χ1v) is 11.1. The SMILES string of the molecule is CC(=O)NC[C@H]1CN(c2ccc3c(c2)CCCc2c(-c4cscc4O)n[nH]c2-3)C(=O)O1. The Hall–Kier alpha value is -3.33. The molecular formula is C22H22N4O4S. The Morgan fingerprint density at radius 3 is 3.00 bits per heavy atom. The largest absolute Gasteiger partial charge is 0.506 e. The molecule has 1 atom stereocenters. The van der Waals surface area contributed by atoms with E-state index in [4.69, 9.17) is 4.74 Å². The van der Waals surface area contributed by atoms with Crippen molar-refractivity contribution in [1.29, 1.82) is 0 Å². The van der Waals surface area contributed by atoms with Gasteiger partial charge in [-0.3, -0.25) is 14.8 Å². The number of amides is 2. The summed E-state index contributed by atoms with van der Waals surface area (Å²) >= 11 is 1.45. The van der Waals surface area contributed by atoms with Gasteiger partial charge in [0.15, 0.2) is 0 Å². The van der Waals surface area contributed by atoms with Crippen molar-refractivity contribution in [3.05, 3.63) is 40.1 Å². The number of cyclic esters (lactones) is 1. The molecule has 0 bridgehead atoms. The molecule has 5 rings (SSSR count). The molecule has 9 heteroatoms. The van der Waals surface area contributed by atoms with Crippen LogP contribution in [0.25, 0.3) is 22.5 Å². The predicted octanol–water partition coefficient (Wildman–Crippen LogP) is 3.46. The number of fused-ring (bicyclic) bond motifs is 3. The summed E-state index contributed by atoms with van der Waals surface area (Å²) in [6, 6.07) is 5.96. The fraction of sp³-hybridized carbons (Fsp3) is 0.318. The van der Waals surface area contributed by atoms with Crippen LogP contribution in [0.15, 0.2) is 29.0 Å². The van der Waals surface area contributed by atoms with E-state index in [9.17, 15) is 14.7 Å². The van der Waals surface area contributed by atoms with E-state index in [1.54, 1.807) is 10.3 Å². The third-order valence-corrected chi connectivity index (χ3v) is 6.49. The highest BCUT2D eigenvalue weighted by Crippen LogP contribution is 2.41. The van der Waals surface area contributed by atoms with Gasteiger partial charge in [-0.05, 0) is 37.0 Å². The number of thiophene rings is 1. The number of ether oxygens (including phenoxy) is 1. The molecule has 0 radical (unpaired) electrons. The molecule has 2 aliphatic rings. The molecule has 1 fully saturated rings. The molecule has 1 saturated heterocycles. The zero-order valence-corrected chi connectivity index (χ0v) is 17.8. The molecule has 3 heterocycles. The summed E-state index contributed by atoms with van der Waals surface area (Å²) in [6.45, 7) is 2.14. The average Bonchev–Trinajstić information content (AvgIpc) is 3.42. The van der Waals surface area contributed by atoms with Crippen molar-refractivity contribution >= 4 is 29.0 Å². The summed E-state index contributed by atoms with van der Waals surface area (Å²) in [7, 11) is 0. The Morgan fingerprint density at radius 1 is 1.35 bits per heavy atom. The number of rotatable bonds is 4. The summed E-state index contributed by atoms with van der Waals surface area (Å²) in [5.41, 5.74) is 6.62. The van der Waals surface area contributed by atoms with Gasteiger partial charge in [0.25, 0.3) is 0 Å². The van der Waals surface area contributed by atoms with E-state index >= 15 is 0 Å². The Morgan fingerprint density at radius 2 is 2.23 bits per heavy atom. The van der Waals surface area contributed by atoms with E-state index < -0.39 is 6.09 Å².